The lowest BCUT2D eigenvalue weighted by molar-refractivity contribution is -0.158. The SMILES string of the molecule is O=C1NC23CCCCCCCCCCCCC(CCC2O)(C3)N1C1OC(COP(=O)(O)O)C(O)C1O. The number of amides is 2. The average molecular weight is 535 g/mol. The number of hydrogen-bond acceptors (Lipinski definition) is 7. The molecule has 0 aromatic heterocycles. The van der Waals surface area contributed by atoms with Gasteiger partial charge in [-0.25, -0.2) is 9.36 Å². The summed E-state index contributed by atoms with van der Waals surface area (Å²) in [6.45, 7) is -0.621. The fourth-order valence-corrected chi connectivity index (χ4v) is 7.23. The molecule has 36 heavy (non-hydrogen) atoms. The van der Waals surface area contributed by atoms with Gasteiger partial charge in [-0.1, -0.05) is 64.2 Å². The third-order valence-electron chi connectivity index (χ3n) is 8.76. The van der Waals surface area contributed by atoms with Crippen LogP contribution < -0.4 is 5.32 Å². The monoisotopic (exact) mass is 534 g/mol. The smallest absolute Gasteiger partial charge is 0.391 e. The number of ether oxygens (including phenoxy) is 1. The highest BCUT2D eigenvalue weighted by Gasteiger charge is 2.62. The Morgan fingerprint density at radius 3 is 2.11 bits per heavy atom. The van der Waals surface area contributed by atoms with Crippen LogP contribution in [0.1, 0.15) is 96.3 Å². The van der Waals surface area contributed by atoms with Crippen LogP contribution in [0.2, 0.25) is 0 Å². The van der Waals surface area contributed by atoms with Crippen molar-refractivity contribution in [2.24, 2.45) is 0 Å². The Bertz CT molecular complexity index is 812. The molecule has 0 aromatic rings. The van der Waals surface area contributed by atoms with Gasteiger partial charge in [0.1, 0.15) is 18.3 Å². The average Bonchev–Trinajstić information content (AvgIpc) is 3.08. The third-order valence-corrected chi connectivity index (χ3v) is 9.25. The maximum Gasteiger partial charge on any atom is 0.469 e. The number of carbonyl (C=O) groups excluding carboxylic acids is 1. The molecule has 11 nitrogen and oxygen atoms in total. The molecule has 2 aliphatic heterocycles. The lowest BCUT2D eigenvalue weighted by atomic mass is 9.63. The van der Waals surface area contributed by atoms with Crippen molar-refractivity contribution in [3.8, 4) is 0 Å². The standard InChI is InChI=1S/C24H43N2O9P/c27-18-11-14-23-12-9-7-5-3-1-2-4-6-8-10-13-24(18,16-23)25-22(30)26(23)21-20(29)19(28)17(35-21)15-34-36(31,32)33/h17-21,27-29H,1-16H2,(H,25,30)(H2,31,32,33). The topological polar surface area (TPSA) is 169 Å². The molecule has 2 amide bonds. The van der Waals surface area contributed by atoms with Gasteiger partial charge >= 0.3 is 13.9 Å². The zero-order valence-electron chi connectivity index (χ0n) is 21.0. The van der Waals surface area contributed by atoms with Crippen molar-refractivity contribution in [1.82, 2.24) is 10.2 Å². The number of phosphoric ester groups is 1. The molecule has 7 unspecified atom stereocenters. The van der Waals surface area contributed by atoms with E-state index in [1.165, 1.54) is 30.6 Å². The summed E-state index contributed by atoms with van der Waals surface area (Å²) in [6, 6.07) is -0.447. The van der Waals surface area contributed by atoms with Crippen molar-refractivity contribution >= 4 is 13.9 Å². The number of phosphoric acid groups is 1. The molecule has 4 fully saturated rings. The van der Waals surface area contributed by atoms with Crippen molar-refractivity contribution in [2.75, 3.05) is 6.61 Å². The number of aliphatic hydroxyl groups excluding tert-OH is 3. The normalized spacial score (nSPS) is 41.3. The van der Waals surface area contributed by atoms with Gasteiger partial charge in [-0.05, 0) is 32.1 Å². The molecular formula is C24H43N2O9P. The first kappa shape index (κ1) is 28.2. The van der Waals surface area contributed by atoms with E-state index in [4.69, 9.17) is 14.5 Å². The molecule has 0 radical (unpaired) electrons. The maximum atomic E-state index is 13.7. The third kappa shape index (κ3) is 6.10. The van der Waals surface area contributed by atoms with E-state index in [1.807, 2.05) is 0 Å². The van der Waals surface area contributed by atoms with Gasteiger partial charge in [-0.15, -0.1) is 0 Å². The summed E-state index contributed by atoms with van der Waals surface area (Å²) in [5.41, 5.74) is -1.40. The minimum absolute atomic E-state index is 0.447. The van der Waals surface area contributed by atoms with Gasteiger partial charge in [0.25, 0.3) is 0 Å². The Kier molecular flexibility index (Phi) is 9.05. The second kappa shape index (κ2) is 11.5. The summed E-state index contributed by atoms with van der Waals surface area (Å²) >= 11 is 0. The van der Waals surface area contributed by atoms with Crippen molar-refractivity contribution in [2.45, 2.75) is 138 Å². The van der Waals surface area contributed by atoms with Gasteiger partial charge in [-0.3, -0.25) is 9.42 Å². The first-order valence-corrected chi connectivity index (χ1v) is 15.1. The Hall–Kier alpha value is -0.780. The van der Waals surface area contributed by atoms with Gasteiger partial charge < -0.3 is 35.2 Å². The summed E-state index contributed by atoms with van der Waals surface area (Å²) in [6.07, 6.45) is 8.02. The highest BCUT2D eigenvalue weighted by molar-refractivity contribution is 7.46. The van der Waals surface area contributed by atoms with Crippen LogP contribution in [0.15, 0.2) is 0 Å². The molecule has 6 N–H and O–H groups in total. The Balaban J connectivity index is 1.59. The molecule has 2 heterocycles. The number of nitrogens with zero attached hydrogens (tertiary/aromatic N) is 1. The quantitative estimate of drug-likeness (QED) is 0.296. The molecule has 0 aromatic carbocycles. The maximum absolute atomic E-state index is 13.7. The van der Waals surface area contributed by atoms with Gasteiger partial charge in [0, 0.05) is 5.54 Å². The van der Waals surface area contributed by atoms with Gasteiger partial charge in [-0.2, -0.15) is 0 Å². The summed E-state index contributed by atoms with van der Waals surface area (Å²) in [7, 11) is -4.80. The highest BCUT2D eigenvalue weighted by Crippen LogP contribution is 2.50. The van der Waals surface area contributed by atoms with Crippen molar-refractivity contribution in [3.05, 3.63) is 0 Å². The molecule has 4 aliphatic rings. The van der Waals surface area contributed by atoms with Gasteiger partial charge in [0.2, 0.25) is 0 Å². The first-order chi connectivity index (χ1) is 17.1. The molecule has 208 valence electrons. The number of rotatable bonds is 4. The number of nitrogens with one attached hydrogen (secondary N) is 1. The fourth-order valence-electron chi connectivity index (χ4n) is 6.89. The minimum atomic E-state index is -4.80. The summed E-state index contributed by atoms with van der Waals surface area (Å²) in [5, 5.41) is 35.6. The zero-order chi connectivity index (χ0) is 26.0. The molecule has 2 aliphatic carbocycles. The van der Waals surface area contributed by atoms with E-state index in [-0.39, 0.29) is 0 Å². The Morgan fingerprint density at radius 2 is 1.50 bits per heavy atom. The number of urea groups is 1. The number of aliphatic hydroxyl groups is 3. The predicted octanol–water partition coefficient (Wildman–Crippen LogP) is 2.28. The summed E-state index contributed by atoms with van der Waals surface area (Å²) in [4.78, 5) is 33.3. The van der Waals surface area contributed by atoms with Crippen LogP contribution in [-0.2, 0) is 13.8 Å². The van der Waals surface area contributed by atoms with E-state index in [1.54, 1.807) is 0 Å². The molecule has 2 bridgehead atoms. The molecule has 2 saturated heterocycles. The number of hydrogen-bond donors (Lipinski definition) is 6. The van der Waals surface area contributed by atoms with Crippen molar-refractivity contribution < 1.29 is 43.7 Å². The highest BCUT2D eigenvalue weighted by atomic mass is 31.2. The molecule has 7 atom stereocenters. The van der Waals surface area contributed by atoms with E-state index >= 15 is 0 Å². The summed E-state index contributed by atoms with van der Waals surface area (Å²) < 4.78 is 21.5. The van der Waals surface area contributed by atoms with Crippen molar-refractivity contribution in [3.63, 3.8) is 0 Å². The van der Waals surface area contributed by atoms with Crippen LogP contribution in [0.4, 0.5) is 4.79 Å². The molecule has 12 heteroatoms. The molecule has 4 rings (SSSR count). The van der Waals surface area contributed by atoms with Crippen LogP contribution in [0.25, 0.3) is 0 Å². The lowest BCUT2D eigenvalue weighted by Gasteiger charge is -2.61. The number of carbonyl (C=O) groups is 1. The second-order valence-electron chi connectivity index (χ2n) is 11.3. The van der Waals surface area contributed by atoms with E-state index in [2.05, 4.69) is 9.84 Å². The summed E-state index contributed by atoms with van der Waals surface area (Å²) in [5.74, 6) is 0. The Morgan fingerprint density at radius 1 is 0.917 bits per heavy atom. The van der Waals surface area contributed by atoms with E-state index in [0.29, 0.717) is 32.1 Å². The lowest BCUT2D eigenvalue weighted by Crippen LogP contribution is -2.77. The first-order valence-electron chi connectivity index (χ1n) is 13.6. The largest absolute Gasteiger partial charge is 0.469 e. The van der Waals surface area contributed by atoms with E-state index < -0.39 is 62.2 Å². The zero-order valence-corrected chi connectivity index (χ0v) is 21.9. The van der Waals surface area contributed by atoms with Gasteiger partial charge in [0.05, 0.1) is 18.2 Å². The minimum Gasteiger partial charge on any atom is -0.391 e. The van der Waals surface area contributed by atoms with Crippen molar-refractivity contribution in [1.29, 1.82) is 0 Å². The van der Waals surface area contributed by atoms with E-state index in [0.717, 1.165) is 38.5 Å². The Labute approximate surface area is 212 Å². The fraction of sp³-hybridized carbons (Fsp3) is 0.958. The van der Waals surface area contributed by atoms with Crippen LogP contribution >= 0.6 is 7.82 Å². The molecule has 2 saturated carbocycles. The van der Waals surface area contributed by atoms with Gasteiger partial charge in [0.15, 0.2) is 6.23 Å². The van der Waals surface area contributed by atoms with Crippen LogP contribution in [0.5, 0.6) is 0 Å². The van der Waals surface area contributed by atoms with E-state index in [9.17, 15) is 24.7 Å². The van der Waals surface area contributed by atoms with Crippen LogP contribution in [-0.4, -0.2) is 84.4 Å². The molecule has 0 spiro atoms. The second-order valence-corrected chi connectivity index (χ2v) is 12.5. The predicted molar refractivity (Wildman–Crippen MR) is 130 cm³/mol. The molecular weight excluding hydrogens is 491 g/mol. The van der Waals surface area contributed by atoms with Crippen LogP contribution in [0.3, 0.4) is 0 Å². The van der Waals surface area contributed by atoms with Crippen LogP contribution in [0, 0.1) is 0 Å².